The van der Waals surface area contributed by atoms with E-state index < -0.39 is 0 Å². The van der Waals surface area contributed by atoms with Crippen LogP contribution in [0.15, 0.2) is 29.0 Å². The van der Waals surface area contributed by atoms with Gasteiger partial charge in [0.1, 0.15) is 0 Å². The zero-order valence-corrected chi connectivity index (χ0v) is 15.3. The Hall–Kier alpha value is -0.600. The summed E-state index contributed by atoms with van der Waals surface area (Å²) in [7, 11) is 0. The Morgan fingerprint density at radius 1 is 0.900 bits per heavy atom. The van der Waals surface area contributed by atoms with E-state index in [1.165, 1.54) is 27.8 Å². The van der Waals surface area contributed by atoms with Crippen LogP contribution in [0, 0.1) is 6.92 Å². The lowest BCUT2D eigenvalue weighted by Crippen LogP contribution is -2.03. The predicted octanol–water partition coefficient (Wildman–Crippen LogP) is 6.79. The van der Waals surface area contributed by atoms with Crippen molar-refractivity contribution in [3.8, 4) is 0 Å². The molecule has 2 heteroatoms. The number of thiophene rings is 1. The van der Waals surface area contributed by atoms with Gasteiger partial charge < -0.3 is 0 Å². The van der Waals surface area contributed by atoms with Gasteiger partial charge in [0.15, 0.2) is 0 Å². The van der Waals surface area contributed by atoms with Crippen LogP contribution in [0.5, 0.6) is 0 Å². The van der Waals surface area contributed by atoms with Crippen LogP contribution in [-0.2, 0) is 0 Å². The van der Waals surface area contributed by atoms with Crippen LogP contribution in [0.25, 0.3) is 0 Å². The number of alkyl halides is 1. The zero-order chi connectivity index (χ0) is 14.9. The molecule has 1 unspecified atom stereocenters. The molecule has 0 bridgehead atoms. The molecule has 0 radical (unpaired) electrons. The second-order valence-electron chi connectivity index (χ2n) is 6.07. The van der Waals surface area contributed by atoms with Crippen molar-refractivity contribution in [3.05, 3.63) is 56.8 Å². The van der Waals surface area contributed by atoms with Crippen LogP contribution in [0.3, 0.4) is 0 Å². The molecule has 2 rings (SSSR count). The Balaban J connectivity index is 2.48. The van der Waals surface area contributed by atoms with Gasteiger partial charge in [0.05, 0.1) is 4.83 Å². The summed E-state index contributed by atoms with van der Waals surface area (Å²) in [6, 6.07) is 6.98. The van der Waals surface area contributed by atoms with E-state index in [-0.39, 0.29) is 0 Å². The third-order valence-corrected chi connectivity index (χ3v) is 5.71. The highest BCUT2D eigenvalue weighted by Gasteiger charge is 2.19. The molecule has 0 saturated carbocycles. The molecule has 0 fully saturated rings. The van der Waals surface area contributed by atoms with Crippen LogP contribution >= 0.6 is 27.3 Å². The number of hydrogen-bond donors (Lipinski definition) is 0. The quantitative estimate of drug-likeness (QED) is 0.532. The molecule has 0 aliphatic carbocycles. The van der Waals surface area contributed by atoms with Gasteiger partial charge in [-0.25, -0.2) is 0 Å². The average Bonchev–Trinajstić information content (AvgIpc) is 2.83. The van der Waals surface area contributed by atoms with E-state index in [2.05, 4.69) is 79.5 Å². The summed E-state index contributed by atoms with van der Waals surface area (Å²) in [6.45, 7) is 11.3. The lowest BCUT2D eigenvalue weighted by atomic mass is 9.89. The highest BCUT2D eigenvalue weighted by molar-refractivity contribution is 9.09. The molecule has 1 aromatic heterocycles. The van der Waals surface area contributed by atoms with Crippen LogP contribution < -0.4 is 0 Å². The third kappa shape index (κ3) is 3.17. The van der Waals surface area contributed by atoms with Crippen LogP contribution in [0.4, 0.5) is 0 Å². The molecule has 1 aromatic carbocycles. The van der Waals surface area contributed by atoms with Gasteiger partial charge in [-0.3, -0.25) is 0 Å². The van der Waals surface area contributed by atoms with Gasteiger partial charge in [-0.2, -0.15) is 11.3 Å². The van der Waals surface area contributed by atoms with Gasteiger partial charge in [0, 0.05) is 0 Å². The third-order valence-electron chi connectivity index (χ3n) is 3.84. The standard InChI is InChI=1S/C18H23BrS/c1-11(2)14-6-7-15(16(8-14)12(3)4)18(19)17-10-20-9-13(17)5/h6-12,18H,1-5H3. The molecule has 0 nitrogen and oxygen atoms in total. The minimum absolute atomic E-state index is 0.298. The summed E-state index contributed by atoms with van der Waals surface area (Å²) in [5.74, 6) is 1.13. The topological polar surface area (TPSA) is 0 Å². The van der Waals surface area contributed by atoms with E-state index in [4.69, 9.17) is 0 Å². The molecule has 0 aliphatic rings. The Kier molecular flexibility index (Phi) is 5.09. The fraction of sp³-hybridized carbons (Fsp3) is 0.444. The summed E-state index contributed by atoms with van der Waals surface area (Å²) in [4.78, 5) is 0.298. The maximum Gasteiger partial charge on any atom is 0.0658 e. The van der Waals surface area contributed by atoms with E-state index in [1.54, 1.807) is 11.3 Å². The average molecular weight is 351 g/mol. The smallest absolute Gasteiger partial charge is 0.0658 e. The van der Waals surface area contributed by atoms with E-state index in [9.17, 15) is 0 Å². The fourth-order valence-electron chi connectivity index (χ4n) is 2.48. The maximum absolute atomic E-state index is 3.91. The highest BCUT2D eigenvalue weighted by atomic mass is 79.9. The lowest BCUT2D eigenvalue weighted by molar-refractivity contribution is 0.820. The number of hydrogen-bond acceptors (Lipinski definition) is 1. The van der Waals surface area contributed by atoms with Crippen molar-refractivity contribution in [2.75, 3.05) is 0 Å². The zero-order valence-electron chi connectivity index (χ0n) is 12.9. The molecule has 0 aliphatic heterocycles. The Morgan fingerprint density at radius 2 is 1.60 bits per heavy atom. The minimum Gasteiger partial charge on any atom is -0.152 e. The lowest BCUT2D eigenvalue weighted by Gasteiger charge is -2.20. The Bertz CT molecular complexity index is 581. The SMILES string of the molecule is Cc1cscc1C(Br)c1ccc(C(C)C)cc1C(C)C. The van der Waals surface area contributed by atoms with Gasteiger partial charge >= 0.3 is 0 Å². The van der Waals surface area contributed by atoms with Crippen LogP contribution in [0.2, 0.25) is 0 Å². The molecule has 0 amide bonds. The molecule has 0 spiro atoms. The first-order valence-corrected chi connectivity index (χ1v) is 9.08. The normalized spacial score (nSPS) is 13.2. The molecule has 2 aromatic rings. The first kappa shape index (κ1) is 15.8. The first-order valence-electron chi connectivity index (χ1n) is 7.22. The maximum atomic E-state index is 3.91. The molecular formula is C18H23BrS. The summed E-state index contributed by atoms with van der Waals surface area (Å²) in [6.07, 6.45) is 0. The van der Waals surface area contributed by atoms with Crippen LogP contribution in [-0.4, -0.2) is 0 Å². The van der Waals surface area contributed by atoms with Gasteiger partial charge in [0.2, 0.25) is 0 Å². The van der Waals surface area contributed by atoms with Gasteiger partial charge in [-0.05, 0) is 57.3 Å². The molecule has 20 heavy (non-hydrogen) atoms. The second kappa shape index (κ2) is 6.44. The van der Waals surface area contributed by atoms with Gasteiger partial charge in [0.25, 0.3) is 0 Å². The van der Waals surface area contributed by atoms with E-state index in [0.29, 0.717) is 16.7 Å². The summed E-state index contributed by atoms with van der Waals surface area (Å²) in [5, 5.41) is 4.48. The van der Waals surface area contributed by atoms with Crippen molar-refractivity contribution < 1.29 is 0 Å². The predicted molar refractivity (Wildman–Crippen MR) is 94.4 cm³/mol. The molecule has 108 valence electrons. The molecule has 1 heterocycles. The summed E-state index contributed by atoms with van der Waals surface area (Å²) in [5.41, 5.74) is 7.07. The highest BCUT2D eigenvalue weighted by Crippen LogP contribution is 2.39. The second-order valence-corrected chi connectivity index (χ2v) is 7.73. The van der Waals surface area contributed by atoms with E-state index in [1.807, 2.05) is 0 Å². The van der Waals surface area contributed by atoms with Gasteiger partial charge in [-0.15, -0.1) is 0 Å². The summed E-state index contributed by atoms with van der Waals surface area (Å²) >= 11 is 5.69. The van der Waals surface area contributed by atoms with Gasteiger partial charge in [-0.1, -0.05) is 61.8 Å². The van der Waals surface area contributed by atoms with E-state index in [0.717, 1.165) is 0 Å². The fourth-order valence-corrected chi connectivity index (χ4v) is 4.44. The monoisotopic (exact) mass is 350 g/mol. The van der Waals surface area contributed by atoms with Crippen molar-refractivity contribution in [1.29, 1.82) is 0 Å². The Labute approximate surface area is 135 Å². The molecule has 0 N–H and O–H groups in total. The van der Waals surface area contributed by atoms with Crippen LogP contribution in [0.1, 0.15) is 72.2 Å². The minimum atomic E-state index is 0.298. The number of benzene rings is 1. The Morgan fingerprint density at radius 3 is 2.10 bits per heavy atom. The largest absolute Gasteiger partial charge is 0.152 e. The molecular weight excluding hydrogens is 328 g/mol. The van der Waals surface area contributed by atoms with Crippen molar-refractivity contribution in [3.63, 3.8) is 0 Å². The van der Waals surface area contributed by atoms with Crippen molar-refractivity contribution >= 4 is 27.3 Å². The molecule has 1 atom stereocenters. The number of rotatable bonds is 4. The first-order chi connectivity index (χ1) is 9.41. The van der Waals surface area contributed by atoms with Crippen molar-refractivity contribution in [2.45, 2.75) is 51.3 Å². The van der Waals surface area contributed by atoms with E-state index >= 15 is 0 Å². The molecule has 0 saturated heterocycles. The summed E-state index contributed by atoms with van der Waals surface area (Å²) < 4.78 is 0. The van der Waals surface area contributed by atoms with Crippen molar-refractivity contribution in [2.24, 2.45) is 0 Å². The number of aryl methyl sites for hydroxylation is 1. The number of halogens is 1. The van der Waals surface area contributed by atoms with Crippen molar-refractivity contribution in [1.82, 2.24) is 0 Å².